The van der Waals surface area contributed by atoms with Gasteiger partial charge in [-0.2, -0.15) is 0 Å². The Balaban J connectivity index is 1.84. The Kier molecular flexibility index (Phi) is 3.65. The fraction of sp³-hybridized carbons (Fsp3) is 0.333. The first-order valence-electron chi connectivity index (χ1n) is 6.12. The molecule has 2 aromatic rings. The third-order valence-electron chi connectivity index (χ3n) is 3.58. The molecule has 1 aliphatic rings. The Bertz CT molecular complexity index is 549. The first-order valence-corrected chi connectivity index (χ1v) is 8.64. The van der Waals surface area contributed by atoms with Gasteiger partial charge in [0.1, 0.15) is 0 Å². The number of hydrogen-bond donors (Lipinski definition) is 0. The molecule has 0 spiro atoms. The summed E-state index contributed by atoms with van der Waals surface area (Å²) in [4.78, 5) is 3.26. The Morgan fingerprint density at radius 2 is 1.83 bits per heavy atom. The van der Waals surface area contributed by atoms with Crippen molar-refractivity contribution in [3.05, 3.63) is 55.7 Å². The van der Waals surface area contributed by atoms with Gasteiger partial charge in [-0.05, 0) is 58.8 Å². The maximum atomic E-state index is 3.92. The van der Waals surface area contributed by atoms with Gasteiger partial charge in [-0.1, -0.05) is 40.2 Å². The highest BCUT2D eigenvalue weighted by atomic mass is 79.9. The van der Waals surface area contributed by atoms with Gasteiger partial charge < -0.3 is 0 Å². The Labute approximate surface area is 129 Å². The second kappa shape index (κ2) is 5.10. The van der Waals surface area contributed by atoms with E-state index in [0.29, 0.717) is 10.7 Å². The zero-order valence-electron chi connectivity index (χ0n) is 10.1. The van der Waals surface area contributed by atoms with Gasteiger partial charge in [0, 0.05) is 14.2 Å². The SMILES string of the molecule is Cc1cc(Br)c(C(Br)C2Cc3ccccc3C2)s1. The molecule has 0 aliphatic heterocycles. The highest BCUT2D eigenvalue weighted by Crippen LogP contribution is 2.45. The predicted molar refractivity (Wildman–Crippen MR) is 85.8 cm³/mol. The lowest BCUT2D eigenvalue weighted by Crippen LogP contribution is -2.06. The summed E-state index contributed by atoms with van der Waals surface area (Å²) in [6.07, 6.45) is 2.38. The van der Waals surface area contributed by atoms with Crippen molar-refractivity contribution < 1.29 is 0 Å². The topological polar surface area (TPSA) is 0 Å². The van der Waals surface area contributed by atoms with Crippen LogP contribution in [-0.4, -0.2) is 0 Å². The molecule has 3 heteroatoms. The quantitative estimate of drug-likeness (QED) is 0.584. The fourth-order valence-corrected chi connectivity index (χ4v) is 5.88. The van der Waals surface area contributed by atoms with Crippen LogP contribution in [-0.2, 0) is 12.8 Å². The van der Waals surface area contributed by atoms with E-state index in [0.717, 1.165) is 0 Å². The molecular weight excluding hydrogens is 372 g/mol. The minimum absolute atomic E-state index is 0.456. The van der Waals surface area contributed by atoms with Gasteiger partial charge in [0.2, 0.25) is 0 Å². The molecule has 1 aromatic carbocycles. The van der Waals surface area contributed by atoms with Gasteiger partial charge in [-0.3, -0.25) is 0 Å². The molecule has 0 amide bonds. The van der Waals surface area contributed by atoms with E-state index < -0.39 is 0 Å². The lowest BCUT2D eigenvalue weighted by Gasteiger charge is -2.16. The average molecular weight is 386 g/mol. The number of alkyl halides is 1. The van der Waals surface area contributed by atoms with Crippen molar-refractivity contribution in [1.82, 2.24) is 0 Å². The first kappa shape index (κ1) is 12.9. The number of thiophene rings is 1. The lowest BCUT2D eigenvalue weighted by atomic mass is 10.0. The molecule has 18 heavy (non-hydrogen) atoms. The van der Waals surface area contributed by atoms with Crippen LogP contribution in [0.4, 0.5) is 0 Å². The van der Waals surface area contributed by atoms with Crippen molar-refractivity contribution in [2.45, 2.75) is 24.6 Å². The normalized spacial score (nSPS) is 16.8. The second-order valence-electron chi connectivity index (χ2n) is 4.91. The molecule has 0 fully saturated rings. The third-order valence-corrected chi connectivity index (χ3v) is 7.14. The Hall–Kier alpha value is -0.120. The Morgan fingerprint density at radius 3 is 2.33 bits per heavy atom. The van der Waals surface area contributed by atoms with Crippen LogP contribution in [0.15, 0.2) is 34.8 Å². The molecule has 3 rings (SSSR count). The molecule has 0 saturated carbocycles. The van der Waals surface area contributed by atoms with Gasteiger partial charge in [-0.15, -0.1) is 11.3 Å². The summed E-state index contributed by atoms with van der Waals surface area (Å²) < 4.78 is 1.25. The van der Waals surface area contributed by atoms with Crippen molar-refractivity contribution in [2.24, 2.45) is 5.92 Å². The van der Waals surface area contributed by atoms with E-state index in [-0.39, 0.29) is 0 Å². The van der Waals surface area contributed by atoms with E-state index >= 15 is 0 Å². The van der Waals surface area contributed by atoms with Gasteiger partial charge in [0.25, 0.3) is 0 Å². The van der Waals surface area contributed by atoms with Crippen LogP contribution in [0.2, 0.25) is 0 Å². The van der Waals surface area contributed by atoms with Gasteiger partial charge in [0.15, 0.2) is 0 Å². The monoisotopic (exact) mass is 384 g/mol. The second-order valence-corrected chi connectivity index (χ2v) is 8.04. The number of halogens is 2. The van der Waals surface area contributed by atoms with E-state index in [1.807, 2.05) is 11.3 Å². The highest BCUT2D eigenvalue weighted by molar-refractivity contribution is 9.11. The molecule has 0 bridgehead atoms. The van der Waals surface area contributed by atoms with Crippen LogP contribution in [0.3, 0.4) is 0 Å². The van der Waals surface area contributed by atoms with Crippen molar-refractivity contribution in [2.75, 3.05) is 0 Å². The molecule has 0 radical (unpaired) electrons. The predicted octanol–water partition coefficient (Wildman–Crippen LogP) is 5.67. The van der Waals surface area contributed by atoms with E-state index in [1.54, 1.807) is 0 Å². The molecule has 1 heterocycles. The smallest absolute Gasteiger partial charge is 0.0535 e. The van der Waals surface area contributed by atoms with E-state index in [4.69, 9.17) is 0 Å². The fourth-order valence-electron chi connectivity index (χ4n) is 2.70. The molecular formula is C15H14Br2S. The zero-order chi connectivity index (χ0) is 12.7. The standard InChI is InChI=1S/C15H14Br2S/c1-9-6-13(16)15(18-9)14(17)12-7-10-4-2-3-5-11(10)8-12/h2-6,12,14H,7-8H2,1H3. The van der Waals surface area contributed by atoms with Crippen LogP contribution in [0.25, 0.3) is 0 Å². The maximum absolute atomic E-state index is 3.92. The first-order chi connectivity index (χ1) is 8.65. The zero-order valence-corrected chi connectivity index (χ0v) is 14.1. The molecule has 1 aromatic heterocycles. The molecule has 0 nitrogen and oxygen atoms in total. The van der Waals surface area contributed by atoms with Crippen LogP contribution in [0.5, 0.6) is 0 Å². The van der Waals surface area contributed by atoms with Gasteiger partial charge in [-0.25, -0.2) is 0 Å². The van der Waals surface area contributed by atoms with Crippen LogP contribution < -0.4 is 0 Å². The summed E-state index contributed by atoms with van der Waals surface area (Å²) >= 11 is 9.49. The lowest BCUT2D eigenvalue weighted by molar-refractivity contribution is 0.558. The molecule has 1 unspecified atom stereocenters. The summed E-state index contributed by atoms with van der Waals surface area (Å²) in [5.41, 5.74) is 3.05. The summed E-state index contributed by atoms with van der Waals surface area (Å²) in [7, 11) is 0. The number of rotatable bonds is 2. The van der Waals surface area contributed by atoms with Crippen molar-refractivity contribution in [1.29, 1.82) is 0 Å². The molecule has 0 N–H and O–H groups in total. The van der Waals surface area contributed by atoms with Crippen LogP contribution >= 0.6 is 43.2 Å². The molecule has 1 aliphatic carbocycles. The average Bonchev–Trinajstić information content (AvgIpc) is 2.91. The largest absolute Gasteiger partial charge is 0.143 e. The highest BCUT2D eigenvalue weighted by Gasteiger charge is 2.29. The molecule has 1 atom stereocenters. The number of hydrogen-bond acceptors (Lipinski definition) is 1. The minimum atomic E-state index is 0.456. The molecule has 94 valence electrons. The number of aryl methyl sites for hydroxylation is 1. The van der Waals surface area contributed by atoms with E-state index in [2.05, 4.69) is 69.1 Å². The van der Waals surface area contributed by atoms with E-state index in [1.165, 1.54) is 38.2 Å². The van der Waals surface area contributed by atoms with Gasteiger partial charge >= 0.3 is 0 Å². The Morgan fingerprint density at radius 1 is 1.22 bits per heavy atom. The summed E-state index contributed by atoms with van der Waals surface area (Å²) in [5, 5.41) is 0. The molecule has 0 saturated heterocycles. The summed E-state index contributed by atoms with van der Waals surface area (Å²) in [6, 6.07) is 11.1. The number of benzene rings is 1. The minimum Gasteiger partial charge on any atom is -0.143 e. The maximum Gasteiger partial charge on any atom is 0.0535 e. The van der Waals surface area contributed by atoms with Crippen molar-refractivity contribution >= 4 is 43.2 Å². The van der Waals surface area contributed by atoms with Crippen molar-refractivity contribution in [3.8, 4) is 0 Å². The van der Waals surface area contributed by atoms with E-state index in [9.17, 15) is 0 Å². The number of fused-ring (bicyclic) bond motifs is 1. The summed E-state index contributed by atoms with van der Waals surface area (Å²) in [6.45, 7) is 2.17. The third kappa shape index (κ3) is 2.33. The summed E-state index contributed by atoms with van der Waals surface area (Å²) in [5.74, 6) is 0.678. The van der Waals surface area contributed by atoms with Crippen LogP contribution in [0, 0.1) is 12.8 Å². The van der Waals surface area contributed by atoms with Crippen molar-refractivity contribution in [3.63, 3.8) is 0 Å². The van der Waals surface area contributed by atoms with Gasteiger partial charge in [0.05, 0.1) is 4.83 Å². The van der Waals surface area contributed by atoms with Crippen LogP contribution in [0.1, 0.15) is 25.7 Å².